The van der Waals surface area contributed by atoms with Gasteiger partial charge >= 0.3 is 0 Å². The summed E-state index contributed by atoms with van der Waals surface area (Å²) in [5, 5.41) is 2.27. The SMILES string of the molecule is Cn1cncc1C#CCl. The lowest BCUT2D eigenvalue weighted by atomic mass is 10.5. The standard InChI is InChI=1S/C6H5ClN2/c1-9-5-8-4-6(9)2-3-7/h4-5H,1H3. The van der Waals surface area contributed by atoms with E-state index in [0.29, 0.717) is 0 Å². The van der Waals surface area contributed by atoms with Crippen LogP contribution < -0.4 is 0 Å². The van der Waals surface area contributed by atoms with Crippen LogP contribution in [0.5, 0.6) is 0 Å². The third kappa shape index (κ3) is 1.24. The fourth-order valence-corrected chi connectivity index (χ4v) is 0.623. The maximum absolute atomic E-state index is 5.16. The van der Waals surface area contributed by atoms with Crippen molar-refractivity contribution in [1.82, 2.24) is 9.55 Å². The molecule has 0 amide bonds. The van der Waals surface area contributed by atoms with Gasteiger partial charge in [-0.3, -0.25) is 0 Å². The molecule has 1 rings (SSSR count). The van der Waals surface area contributed by atoms with Crippen molar-refractivity contribution in [3.05, 3.63) is 18.2 Å². The van der Waals surface area contributed by atoms with Crippen molar-refractivity contribution >= 4 is 11.6 Å². The molecule has 0 saturated carbocycles. The molecule has 1 aromatic rings. The minimum Gasteiger partial charge on any atom is -0.327 e. The van der Waals surface area contributed by atoms with Crippen molar-refractivity contribution in [1.29, 1.82) is 0 Å². The van der Waals surface area contributed by atoms with Gasteiger partial charge in [-0.1, -0.05) is 0 Å². The van der Waals surface area contributed by atoms with Gasteiger partial charge in [0.15, 0.2) is 0 Å². The number of nitrogens with zero attached hydrogens (tertiary/aromatic N) is 2. The van der Waals surface area contributed by atoms with Gasteiger partial charge < -0.3 is 4.57 Å². The Kier molecular flexibility index (Phi) is 1.76. The molecule has 0 spiro atoms. The summed E-state index contributed by atoms with van der Waals surface area (Å²) in [7, 11) is 1.86. The maximum atomic E-state index is 5.16. The van der Waals surface area contributed by atoms with E-state index >= 15 is 0 Å². The monoisotopic (exact) mass is 140 g/mol. The van der Waals surface area contributed by atoms with Crippen LogP contribution in [0.2, 0.25) is 0 Å². The van der Waals surface area contributed by atoms with E-state index in [1.165, 1.54) is 0 Å². The average molecular weight is 141 g/mol. The number of rotatable bonds is 0. The number of aromatic nitrogens is 2. The first-order chi connectivity index (χ1) is 4.34. The molecule has 3 heteroatoms. The normalized spacial score (nSPS) is 8.22. The van der Waals surface area contributed by atoms with E-state index in [-0.39, 0.29) is 0 Å². The second-order valence-electron chi connectivity index (χ2n) is 1.61. The largest absolute Gasteiger partial charge is 0.327 e. The van der Waals surface area contributed by atoms with Crippen LogP contribution >= 0.6 is 11.6 Å². The quantitative estimate of drug-likeness (QED) is 0.491. The summed E-state index contributed by atoms with van der Waals surface area (Å²) in [6.45, 7) is 0. The number of hydrogen-bond donors (Lipinski definition) is 0. The van der Waals surface area contributed by atoms with Crippen LogP contribution in [-0.4, -0.2) is 9.55 Å². The topological polar surface area (TPSA) is 17.8 Å². The maximum Gasteiger partial charge on any atom is 0.113 e. The summed E-state index contributed by atoms with van der Waals surface area (Å²) in [6.07, 6.45) is 3.34. The van der Waals surface area contributed by atoms with Gasteiger partial charge in [-0.25, -0.2) is 4.98 Å². The zero-order chi connectivity index (χ0) is 6.69. The van der Waals surface area contributed by atoms with Gasteiger partial charge in [0.2, 0.25) is 0 Å². The Hall–Kier alpha value is -0.940. The lowest BCUT2D eigenvalue weighted by Crippen LogP contribution is -1.87. The van der Waals surface area contributed by atoms with Crippen LogP contribution in [0.25, 0.3) is 0 Å². The molecule has 2 nitrogen and oxygen atoms in total. The molecule has 0 saturated heterocycles. The Morgan fingerprint density at radius 2 is 2.56 bits per heavy atom. The van der Waals surface area contributed by atoms with Gasteiger partial charge in [-0.05, 0) is 17.5 Å². The third-order valence-electron chi connectivity index (χ3n) is 0.992. The summed E-state index contributed by atoms with van der Waals surface area (Å²) < 4.78 is 1.80. The molecule has 0 aliphatic heterocycles. The zero-order valence-corrected chi connectivity index (χ0v) is 5.68. The van der Waals surface area contributed by atoms with E-state index in [2.05, 4.69) is 16.3 Å². The molecule has 0 fully saturated rings. The van der Waals surface area contributed by atoms with E-state index in [0.717, 1.165) is 5.69 Å². The van der Waals surface area contributed by atoms with E-state index < -0.39 is 0 Å². The smallest absolute Gasteiger partial charge is 0.113 e. The predicted molar refractivity (Wildman–Crippen MR) is 35.9 cm³/mol. The van der Waals surface area contributed by atoms with Crippen LogP contribution in [0.4, 0.5) is 0 Å². The van der Waals surface area contributed by atoms with Crippen molar-refractivity contribution < 1.29 is 0 Å². The van der Waals surface area contributed by atoms with Crippen LogP contribution in [0.15, 0.2) is 12.5 Å². The summed E-state index contributed by atoms with van der Waals surface area (Å²) in [5.74, 6) is 2.67. The Bertz CT molecular complexity index is 254. The lowest BCUT2D eigenvalue weighted by Gasteiger charge is -1.87. The fraction of sp³-hybridized carbons (Fsp3) is 0.167. The molecule has 0 aromatic carbocycles. The minimum absolute atomic E-state index is 0.824. The van der Waals surface area contributed by atoms with Crippen molar-refractivity contribution in [3.63, 3.8) is 0 Å². The molecule has 0 aliphatic rings. The highest BCUT2D eigenvalue weighted by molar-refractivity contribution is 6.30. The molecule has 9 heavy (non-hydrogen) atoms. The van der Waals surface area contributed by atoms with E-state index in [4.69, 9.17) is 11.6 Å². The number of aryl methyl sites for hydroxylation is 1. The van der Waals surface area contributed by atoms with Gasteiger partial charge in [-0.2, -0.15) is 0 Å². The van der Waals surface area contributed by atoms with E-state index in [1.54, 1.807) is 17.1 Å². The van der Waals surface area contributed by atoms with Crippen molar-refractivity contribution in [3.8, 4) is 11.3 Å². The highest BCUT2D eigenvalue weighted by Crippen LogP contribution is 1.91. The summed E-state index contributed by atoms with van der Waals surface area (Å²) in [6, 6.07) is 0. The Balaban J connectivity index is 3.03. The van der Waals surface area contributed by atoms with Crippen LogP contribution in [-0.2, 0) is 7.05 Å². The first-order valence-corrected chi connectivity index (χ1v) is 2.80. The molecule has 46 valence electrons. The zero-order valence-electron chi connectivity index (χ0n) is 4.93. The molecule has 0 bridgehead atoms. The van der Waals surface area contributed by atoms with Gasteiger partial charge in [0.05, 0.1) is 12.5 Å². The number of halogens is 1. The third-order valence-corrected chi connectivity index (χ3v) is 1.09. The Morgan fingerprint density at radius 3 is 3.00 bits per heavy atom. The van der Waals surface area contributed by atoms with Crippen molar-refractivity contribution in [2.45, 2.75) is 0 Å². The van der Waals surface area contributed by atoms with Gasteiger partial charge in [0.25, 0.3) is 0 Å². The second-order valence-corrected chi connectivity index (χ2v) is 1.80. The Morgan fingerprint density at radius 1 is 1.78 bits per heavy atom. The fourth-order valence-electron chi connectivity index (χ4n) is 0.526. The highest BCUT2D eigenvalue weighted by atomic mass is 35.5. The van der Waals surface area contributed by atoms with Crippen molar-refractivity contribution in [2.24, 2.45) is 7.05 Å². The minimum atomic E-state index is 0.824. The van der Waals surface area contributed by atoms with Crippen LogP contribution in [0.1, 0.15) is 5.69 Å². The molecule has 0 unspecified atom stereocenters. The lowest BCUT2D eigenvalue weighted by molar-refractivity contribution is 0.899. The molecular weight excluding hydrogens is 136 g/mol. The molecule has 0 radical (unpaired) electrons. The van der Waals surface area contributed by atoms with Gasteiger partial charge in [0.1, 0.15) is 5.69 Å². The molecule has 0 atom stereocenters. The van der Waals surface area contributed by atoms with Gasteiger partial charge in [-0.15, -0.1) is 0 Å². The summed E-state index contributed by atoms with van der Waals surface area (Å²) >= 11 is 5.16. The highest BCUT2D eigenvalue weighted by Gasteiger charge is 1.88. The second kappa shape index (κ2) is 2.56. The number of imidazole rings is 1. The molecule has 1 aromatic heterocycles. The van der Waals surface area contributed by atoms with Gasteiger partial charge in [0, 0.05) is 12.4 Å². The van der Waals surface area contributed by atoms with E-state index in [1.807, 2.05) is 7.05 Å². The molecule has 1 heterocycles. The first kappa shape index (κ1) is 6.18. The first-order valence-electron chi connectivity index (χ1n) is 2.42. The average Bonchev–Trinajstić information content (AvgIpc) is 2.18. The number of hydrogen-bond acceptors (Lipinski definition) is 1. The van der Waals surface area contributed by atoms with Crippen molar-refractivity contribution in [2.75, 3.05) is 0 Å². The van der Waals surface area contributed by atoms with E-state index in [9.17, 15) is 0 Å². The molecular formula is C6H5ClN2. The van der Waals surface area contributed by atoms with Crippen LogP contribution in [0, 0.1) is 11.3 Å². The summed E-state index contributed by atoms with van der Waals surface area (Å²) in [4.78, 5) is 3.84. The molecule has 0 N–H and O–H groups in total. The Labute approximate surface area is 58.5 Å². The molecule has 0 aliphatic carbocycles. The predicted octanol–water partition coefficient (Wildman–Crippen LogP) is 0.968. The van der Waals surface area contributed by atoms with Crippen LogP contribution in [0.3, 0.4) is 0 Å². The summed E-state index contributed by atoms with van der Waals surface area (Å²) in [5.41, 5.74) is 0.824.